The molecule has 0 amide bonds. The Labute approximate surface area is 114 Å². The van der Waals surface area contributed by atoms with Gasteiger partial charge < -0.3 is 10.4 Å². The monoisotopic (exact) mass is 267 g/mol. The summed E-state index contributed by atoms with van der Waals surface area (Å²) in [7, 11) is 0. The third kappa shape index (κ3) is 3.98. The highest BCUT2D eigenvalue weighted by Gasteiger charge is 2.19. The van der Waals surface area contributed by atoms with Crippen LogP contribution in [-0.4, -0.2) is 17.8 Å². The number of hydrogen-bond donors (Lipinski definition) is 2. The molecule has 18 heavy (non-hydrogen) atoms. The topological polar surface area (TPSA) is 32.3 Å². The smallest absolute Gasteiger partial charge is 0.0540 e. The van der Waals surface area contributed by atoms with Gasteiger partial charge in [-0.2, -0.15) is 0 Å². The van der Waals surface area contributed by atoms with Crippen LogP contribution in [0.1, 0.15) is 44.2 Å². The normalized spacial score (nSPS) is 25.9. The van der Waals surface area contributed by atoms with Crippen LogP contribution in [-0.2, 0) is 0 Å². The average molecular weight is 268 g/mol. The molecule has 1 fully saturated rings. The van der Waals surface area contributed by atoms with E-state index in [0.29, 0.717) is 12.0 Å². The molecule has 2 rings (SSSR count). The highest BCUT2D eigenvalue weighted by molar-refractivity contribution is 6.30. The van der Waals surface area contributed by atoms with E-state index in [1.165, 1.54) is 5.56 Å². The van der Waals surface area contributed by atoms with Crippen LogP contribution in [0.2, 0.25) is 5.02 Å². The molecule has 1 aromatic carbocycles. The summed E-state index contributed by atoms with van der Waals surface area (Å²) in [6.45, 7) is 3.22. The highest BCUT2D eigenvalue weighted by atomic mass is 35.5. The minimum Gasteiger partial charge on any atom is -0.393 e. The van der Waals surface area contributed by atoms with E-state index in [2.05, 4.69) is 24.4 Å². The van der Waals surface area contributed by atoms with E-state index >= 15 is 0 Å². The van der Waals surface area contributed by atoms with E-state index in [1.54, 1.807) is 0 Å². The van der Waals surface area contributed by atoms with E-state index in [4.69, 9.17) is 11.6 Å². The Morgan fingerprint density at radius 3 is 2.44 bits per heavy atom. The number of hydrogen-bond acceptors (Lipinski definition) is 2. The number of halogens is 1. The Balaban J connectivity index is 1.77. The molecule has 0 saturated heterocycles. The fraction of sp³-hybridized carbons (Fsp3) is 0.600. The molecule has 1 aliphatic carbocycles. The van der Waals surface area contributed by atoms with Crippen molar-refractivity contribution in [3.63, 3.8) is 0 Å². The summed E-state index contributed by atoms with van der Waals surface area (Å²) >= 11 is 5.88. The van der Waals surface area contributed by atoms with Gasteiger partial charge >= 0.3 is 0 Å². The molecule has 1 atom stereocenters. The first kappa shape index (κ1) is 13.9. The SMILES string of the molecule is CC(NCC1CCC(O)CC1)c1ccc(Cl)cc1. The van der Waals surface area contributed by atoms with Gasteiger partial charge in [0.05, 0.1) is 6.10 Å². The fourth-order valence-electron chi connectivity index (χ4n) is 2.56. The van der Waals surface area contributed by atoms with Crippen molar-refractivity contribution in [2.45, 2.75) is 44.8 Å². The summed E-state index contributed by atoms with van der Waals surface area (Å²) in [4.78, 5) is 0. The lowest BCUT2D eigenvalue weighted by atomic mass is 9.87. The van der Waals surface area contributed by atoms with Crippen LogP contribution in [0.15, 0.2) is 24.3 Å². The molecule has 0 aromatic heterocycles. The van der Waals surface area contributed by atoms with Crippen molar-refractivity contribution >= 4 is 11.6 Å². The molecule has 0 aliphatic heterocycles. The van der Waals surface area contributed by atoms with E-state index in [9.17, 15) is 5.11 Å². The highest BCUT2D eigenvalue weighted by Crippen LogP contribution is 2.24. The van der Waals surface area contributed by atoms with Gasteiger partial charge in [-0.25, -0.2) is 0 Å². The number of rotatable bonds is 4. The van der Waals surface area contributed by atoms with Crippen LogP contribution in [0.3, 0.4) is 0 Å². The minimum absolute atomic E-state index is 0.0602. The summed E-state index contributed by atoms with van der Waals surface area (Å²) < 4.78 is 0. The number of aliphatic hydroxyl groups is 1. The van der Waals surface area contributed by atoms with E-state index < -0.39 is 0 Å². The summed E-state index contributed by atoms with van der Waals surface area (Å²) in [5, 5.41) is 13.8. The van der Waals surface area contributed by atoms with Gasteiger partial charge in [-0.3, -0.25) is 0 Å². The van der Waals surface area contributed by atoms with Gasteiger partial charge in [0, 0.05) is 11.1 Å². The van der Waals surface area contributed by atoms with Crippen LogP contribution in [0, 0.1) is 5.92 Å². The van der Waals surface area contributed by atoms with Crippen molar-refractivity contribution in [3.8, 4) is 0 Å². The quantitative estimate of drug-likeness (QED) is 0.875. The van der Waals surface area contributed by atoms with Gasteiger partial charge in [0.1, 0.15) is 0 Å². The maximum atomic E-state index is 9.48. The second-order valence-electron chi connectivity index (χ2n) is 5.36. The van der Waals surface area contributed by atoms with Crippen molar-refractivity contribution in [2.75, 3.05) is 6.54 Å². The molecular formula is C15H22ClNO. The Kier molecular flexibility index (Phi) is 5.04. The van der Waals surface area contributed by atoms with Gasteiger partial charge in [-0.1, -0.05) is 23.7 Å². The number of benzene rings is 1. The molecule has 100 valence electrons. The minimum atomic E-state index is -0.0602. The maximum Gasteiger partial charge on any atom is 0.0540 e. The van der Waals surface area contributed by atoms with Crippen molar-refractivity contribution in [1.82, 2.24) is 5.32 Å². The number of aliphatic hydroxyl groups excluding tert-OH is 1. The maximum absolute atomic E-state index is 9.48. The summed E-state index contributed by atoms with van der Waals surface area (Å²) in [5.41, 5.74) is 1.27. The van der Waals surface area contributed by atoms with Crippen molar-refractivity contribution < 1.29 is 5.11 Å². The van der Waals surface area contributed by atoms with Gasteiger partial charge in [0.25, 0.3) is 0 Å². The van der Waals surface area contributed by atoms with Gasteiger partial charge in [0.2, 0.25) is 0 Å². The first-order chi connectivity index (χ1) is 8.65. The molecule has 3 heteroatoms. The predicted molar refractivity (Wildman–Crippen MR) is 75.8 cm³/mol. The van der Waals surface area contributed by atoms with Crippen LogP contribution in [0.5, 0.6) is 0 Å². The average Bonchev–Trinajstić information content (AvgIpc) is 2.38. The Hall–Kier alpha value is -0.570. The number of nitrogens with one attached hydrogen (secondary N) is 1. The molecular weight excluding hydrogens is 246 g/mol. The lowest BCUT2D eigenvalue weighted by Gasteiger charge is -2.27. The Morgan fingerprint density at radius 1 is 1.22 bits per heavy atom. The van der Waals surface area contributed by atoms with Gasteiger partial charge in [-0.05, 0) is 62.8 Å². The second kappa shape index (κ2) is 6.55. The Morgan fingerprint density at radius 2 is 1.83 bits per heavy atom. The van der Waals surface area contributed by atoms with E-state index in [-0.39, 0.29) is 6.10 Å². The molecule has 2 nitrogen and oxygen atoms in total. The van der Waals surface area contributed by atoms with Crippen molar-refractivity contribution in [3.05, 3.63) is 34.9 Å². The van der Waals surface area contributed by atoms with E-state index in [1.807, 2.05) is 12.1 Å². The first-order valence-corrected chi connectivity index (χ1v) is 7.20. The molecule has 1 aromatic rings. The first-order valence-electron chi connectivity index (χ1n) is 6.82. The van der Waals surface area contributed by atoms with Crippen LogP contribution in [0.25, 0.3) is 0 Å². The van der Waals surface area contributed by atoms with Crippen LogP contribution < -0.4 is 5.32 Å². The fourth-order valence-corrected chi connectivity index (χ4v) is 2.69. The lowest BCUT2D eigenvalue weighted by molar-refractivity contribution is 0.108. The molecule has 0 heterocycles. The summed E-state index contributed by atoms with van der Waals surface area (Å²) in [5.74, 6) is 0.711. The standard InChI is InChI=1S/C15H22ClNO/c1-11(13-4-6-14(16)7-5-13)17-10-12-2-8-15(18)9-3-12/h4-7,11-12,15,17-18H,2-3,8-10H2,1H3. The molecule has 0 bridgehead atoms. The van der Waals surface area contributed by atoms with Crippen LogP contribution >= 0.6 is 11.6 Å². The summed E-state index contributed by atoms with van der Waals surface area (Å²) in [6.07, 6.45) is 4.14. The second-order valence-corrected chi connectivity index (χ2v) is 5.79. The van der Waals surface area contributed by atoms with Gasteiger partial charge in [-0.15, -0.1) is 0 Å². The molecule has 1 aliphatic rings. The van der Waals surface area contributed by atoms with Crippen LogP contribution in [0.4, 0.5) is 0 Å². The lowest BCUT2D eigenvalue weighted by Crippen LogP contribution is -2.29. The molecule has 1 unspecified atom stereocenters. The van der Waals surface area contributed by atoms with Crippen molar-refractivity contribution in [2.24, 2.45) is 5.92 Å². The largest absolute Gasteiger partial charge is 0.393 e. The zero-order valence-electron chi connectivity index (χ0n) is 10.9. The van der Waals surface area contributed by atoms with Gasteiger partial charge in [0.15, 0.2) is 0 Å². The molecule has 2 N–H and O–H groups in total. The summed E-state index contributed by atoms with van der Waals surface area (Å²) in [6, 6.07) is 8.38. The third-order valence-corrected chi connectivity index (χ3v) is 4.15. The van der Waals surface area contributed by atoms with E-state index in [0.717, 1.165) is 37.3 Å². The zero-order chi connectivity index (χ0) is 13.0. The predicted octanol–water partition coefficient (Wildman–Crippen LogP) is 3.54. The Bertz CT molecular complexity index is 357. The third-order valence-electron chi connectivity index (χ3n) is 3.90. The molecule has 0 radical (unpaired) electrons. The zero-order valence-corrected chi connectivity index (χ0v) is 11.7. The van der Waals surface area contributed by atoms with Crippen molar-refractivity contribution in [1.29, 1.82) is 0 Å². The molecule has 0 spiro atoms. The molecule has 1 saturated carbocycles.